The highest BCUT2D eigenvalue weighted by atomic mass is 16.5. The molecule has 0 unspecified atom stereocenters. The molecule has 0 aliphatic rings. The van der Waals surface area contributed by atoms with Crippen LogP contribution in [0.3, 0.4) is 0 Å². The predicted octanol–water partition coefficient (Wildman–Crippen LogP) is 2.81. The Morgan fingerprint density at radius 3 is 2.88 bits per heavy atom. The lowest BCUT2D eigenvalue weighted by atomic mass is 10.1. The van der Waals surface area contributed by atoms with E-state index in [1.165, 1.54) is 0 Å². The molecule has 2 rings (SSSR count). The number of ketones is 1. The van der Waals surface area contributed by atoms with E-state index in [1.54, 1.807) is 29.2 Å². The zero-order chi connectivity index (χ0) is 12.3. The maximum absolute atomic E-state index is 11.6. The first kappa shape index (κ1) is 11.4. The molecule has 1 aromatic carbocycles. The summed E-state index contributed by atoms with van der Waals surface area (Å²) in [7, 11) is 1.82. The second-order valence-electron chi connectivity index (χ2n) is 3.76. The highest BCUT2D eigenvalue weighted by molar-refractivity contribution is 5.96. The number of nitrogens with zero attached hydrogens (tertiary/aromatic N) is 2. The third-order valence-electron chi connectivity index (χ3n) is 2.39. The Bertz CT molecular complexity index is 532. The molecule has 0 fully saturated rings. The summed E-state index contributed by atoms with van der Waals surface area (Å²) >= 11 is 0. The topological polar surface area (TPSA) is 44.1 Å². The average molecular weight is 230 g/mol. The Balaban J connectivity index is 2.19. The molecular weight excluding hydrogens is 216 g/mol. The third kappa shape index (κ3) is 2.72. The summed E-state index contributed by atoms with van der Waals surface area (Å²) < 4.78 is 7.26. The van der Waals surface area contributed by atoms with Gasteiger partial charge in [-0.25, -0.2) is 0 Å². The standard InChI is InChI=1S/C13H14N2O2/c1-3-13(16)10-5-4-6-11(7-10)17-12-8-14-15(2)9-12/h4-9H,3H2,1-2H3. The van der Waals surface area contributed by atoms with E-state index in [0.29, 0.717) is 23.5 Å². The van der Waals surface area contributed by atoms with Crippen molar-refractivity contribution in [3.05, 3.63) is 42.2 Å². The van der Waals surface area contributed by atoms with Gasteiger partial charge in [-0.05, 0) is 12.1 Å². The second kappa shape index (κ2) is 4.82. The lowest BCUT2D eigenvalue weighted by molar-refractivity contribution is 0.0988. The molecule has 0 aliphatic carbocycles. The highest BCUT2D eigenvalue weighted by Gasteiger charge is 2.05. The van der Waals surface area contributed by atoms with Crippen LogP contribution in [0.1, 0.15) is 23.7 Å². The number of carbonyl (C=O) groups excluding carboxylic acids is 1. The van der Waals surface area contributed by atoms with Crippen LogP contribution in [0.25, 0.3) is 0 Å². The van der Waals surface area contributed by atoms with E-state index >= 15 is 0 Å². The fourth-order valence-corrected chi connectivity index (χ4v) is 1.52. The van der Waals surface area contributed by atoms with Gasteiger partial charge in [0, 0.05) is 19.0 Å². The Morgan fingerprint density at radius 2 is 2.24 bits per heavy atom. The zero-order valence-corrected chi connectivity index (χ0v) is 9.88. The lowest BCUT2D eigenvalue weighted by Gasteiger charge is -2.04. The number of rotatable bonds is 4. The highest BCUT2D eigenvalue weighted by Crippen LogP contribution is 2.21. The molecule has 2 aromatic rings. The van der Waals surface area contributed by atoms with Crippen LogP contribution in [0.5, 0.6) is 11.5 Å². The van der Waals surface area contributed by atoms with Crippen molar-refractivity contribution >= 4 is 5.78 Å². The van der Waals surface area contributed by atoms with Crippen LogP contribution in [0, 0.1) is 0 Å². The van der Waals surface area contributed by atoms with Gasteiger partial charge >= 0.3 is 0 Å². The van der Waals surface area contributed by atoms with Gasteiger partial charge in [0.25, 0.3) is 0 Å². The Labute approximate surface area is 99.8 Å². The lowest BCUT2D eigenvalue weighted by Crippen LogP contribution is -1.96. The summed E-state index contributed by atoms with van der Waals surface area (Å²) in [6.07, 6.45) is 3.90. The fraction of sp³-hybridized carbons (Fsp3) is 0.231. The molecule has 0 radical (unpaired) electrons. The van der Waals surface area contributed by atoms with Crippen LogP contribution in [0.2, 0.25) is 0 Å². The largest absolute Gasteiger partial charge is 0.454 e. The van der Waals surface area contributed by atoms with E-state index in [4.69, 9.17) is 4.74 Å². The second-order valence-corrected chi connectivity index (χ2v) is 3.76. The Kier molecular flexibility index (Phi) is 3.23. The van der Waals surface area contributed by atoms with Crippen LogP contribution >= 0.6 is 0 Å². The molecule has 0 atom stereocenters. The Morgan fingerprint density at radius 1 is 1.41 bits per heavy atom. The van der Waals surface area contributed by atoms with E-state index in [0.717, 1.165) is 0 Å². The summed E-state index contributed by atoms with van der Waals surface area (Å²) in [5, 5.41) is 4.01. The Hall–Kier alpha value is -2.10. The molecule has 4 heteroatoms. The molecular formula is C13H14N2O2. The van der Waals surface area contributed by atoms with Crippen LogP contribution < -0.4 is 4.74 Å². The number of hydrogen-bond acceptors (Lipinski definition) is 3. The minimum atomic E-state index is 0.113. The molecule has 0 saturated heterocycles. The van der Waals surface area contributed by atoms with Gasteiger partial charge in [-0.3, -0.25) is 9.48 Å². The maximum atomic E-state index is 11.6. The van der Waals surface area contributed by atoms with Crippen molar-refractivity contribution in [1.29, 1.82) is 0 Å². The molecule has 1 aromatic heterocycles. The van der Waals surface area contributed by atoms with Crippen LogP contribution in [-0.2, 0) is 7.05 Å². The quantitative estimate of drug-likeness (QED) is 0.758. The first-order chi connectivity index (χ1) is 8.19. The molecule has 0 amide bonds. The minimum absolute atomic E-state index is 0.113. The maximum Gasteiger partial charge on any atom is 0.165 e. The molecule has 17 heavy (non-hydrogen) atoms. The first-order valence-corrected chi connectivity index (χ1v) is 5.49. The van der Waals surface area contributed by atoms with Gasteiger partial charge in [-0.1, -0.05) is 19.1 Å². The van der Waals surface area contributed by atoms with Gasteiger partial charge in [0.2, 0.25) is 0 Å². The number of benzene rings is 1. The molecule has 1 heterocycles. The van der Waals surface area contributed by atoms with E-state index in [-0.39, 0.29) is 5.78 Å². The van der Waals surface area contributed by atoms with Crippen molar-refractivity contribution in [3.8, 4) is 11.5 Å². The molecule has 88 valence electrons. The van der Waals surface area contributed by atoms with Crippen molar-refractivity contribution in [2.45, 2.75) is 13.3 Å². The van der Waals surface area contributed by atoms with Crippen LogP contribution in [0.4, 0.5) is 0 Å². The summed E-state index contributed by atoms with van der Waals surface area (Å²) in [6, 6.07) is 7.18. The number of carbonyl (C=O) groups is 1. The van der Waals surface area contributed by atoms with Crippen molar-refractivity contribution in [1.82, 2.24) is 9.78 Å². The number of ether oxygens (including phenoxy) is 1. The van der Waals surface area contributed by atoms with E-state index in [9.17, 15) is 4.79 Å². The summed E-state index contributed by atoms with van der Waals surface area (Å²) in [5.41, 5.74) is 0.675. The van der Waals surface area contributed by atoms with Crippen molar-refractivity contribution < 1.29 is 9.53 Å². The van der Waals surface area contributed by atoms with Gasteiger partial charge in [0.05, 0.1) is 12.4 Å². The van der Waals surface area contributed by atoms with Crippen molar-refractivity contribution in [2.75, 3.05) is 0 Å². The number of aromatic nitrogens is 2. The van der Waals surface area contributed by atoms with Gasteiger partial charge in [-0.15, -0.1) is 0 Å². The normalized spacial score (nSPS) is 10.2. The number of hydrogen-bond donors (Lipinski definition) is 0. The summed E-state index contributed by atoms with van der Waals surface area (Å²) in [4.78, 5) is 11.6. The molecule has 0 bridgehead atoms. The fourth-order valence-electron chi connectivity index (χ4n) is 1.52. The minimum Gasteiger partial charge on any atom is -0.454 e. The SMILES string of the molecule is CCC(=O)c1cccc(Oc2cnn(C)c2)c1. The summed E-state index contributed by atoms with van der Waals surface area (Å²) in [6.45, 7) is 1.84. The molecule has 4 nitrogen and oxygen atoms in total. The number of Topliss-reactive ketones (excluding diaryl/α,β-unsaturated/α-hetero) is 1. The van der Waals surface area contributed by atoms with Crippen molar-refractivity contribution in [2.24, 2.45) is 7.05 Å². The van der Waals surface area contributed by atoms with Crippen molar-refractivity contribution in [3.63, 3.8) is 0 Å². The average Bonchev–Trinajstić information content (AvgIpc) is 2.74. The zero-order valence-electron chi connectivity index (χ0n) is 9.88. The smallest absolute Gasteiger partial charge is 0.165 e. The van der Waals surface area contributed by atoms with Crippen LogP contribution in [-0.4, -0.2) is 15.6 Å². The molecule has 0 aliphatic heterocycles. The third-order valence-corrected chi connectivity index (χ3v) is 2.39. The number of aryl methyl sites for hydroxylation is 1. The predicted molar refractivity (Wildman–Crippen MR) is 64.3 cm³/mol. The van der Waals surface area contributed by atoms with E-state index in [2.05, 4.69) is 5.10 Å². The monoisotopic (exact) mass is 230 g/mol. The van der Waals surface area contributed by atoms with Gasteiger partial charge in [0.15, 0.2) is 11.5 Å². The molecule has 0 spiro atoms. The van der Waals surface area contributed by atoms with Gasteiger partial charge < -0.3 is 4.74 Å². The molecule has 0 saturated carbocycles. The first-order valence-electron chi connectivity index (χ1n) is 5.49. The van der Waals surface area contributed by atoms with E-state index in [1.807, 2.05) is 26.1 Å². The van der Waals surface area contributed by atoms with Gasteiger partial charge in [-0.2, -0.15) is 5.10 Å². The van der Waals surface area contributed by atoms with E-state index < -0.39 is 0 Å². The summed E-state index contributed by atoms with van der Waals surface area (Å²) in [5.74, 6) is 1.42. The van der Waals surface area contributed by atoms with Gasteiger partial charge in [0.1, 0.15) is 5.75 Å². The van der Waals surface area contributed by atoms with Crippen LogP contribution in [0.15, 0.2) is 36.7 Å². The molecule has 0 N–H and O–H groups in total.